The zero-order valence-corrected chi connectivity index (χ0v) is 14.4. The Morgan fingerprint density at radius 3 is 2.67 bits per heavy atom. The molecule has 1 atom stereocenters. The van der Waals surface area contributed by atoms with E-state index >= 15 is 0 Å². The number of hydrogen-bond acceptors (Lipinski definition) is 3. The summed E-state index contributed by atoms with van der Waals surface area (Å²) in [7, 11) is 0. The molecule has 1 aromatic heterocycles. The highest BCUT2D eigenvalue weighted by atomic mass is 16.5. The molecule has 24 heavy (non-hydrogen) atoms. The van der Waals surface area contributed by atoms with Crippen molar-refractivity contribution in [1.82, 2.24) is 4.90 Å². The smallest absolute Gasteiger partial charge is 0.227 e. The van der Waals surface area contributed by atoms with Gasteiger partial charge in [0.25, 0.3) is 0 Å². The second kappa shape index (κ2) is 7.22. The van der Waals surface area contributed by atoms with Crippen molar-refractivity contribution in [1.29, 1.82) is 0 Å². The van der Waals surface area contributed by atoms with Gasteiger partial charge in [-0.1, -0.05) is 30.3 Å². The van der Waals surface area contributed by atoms with Crippen molar-refractivity contribution < 1.29 is 13.9 Å². The number of ether oxygens (including phenoxy) is 1. The van der Waals surface area contributed by atoms with Crippen LogP contribution >= 0.6 is 0 Å². The summed E-state index contributed by atoms with van der Waals surface area (Å²) < 4.78 is 11.3. The first-order chi connectivity index (χ1) is 11.5. The molecule has 4 nitrogen and oxygen atoms in total. The fraction of sp³-hybridized carbons (Fsp3) is 0.450. The third-order valence-corrected chi connectivity index (χ3v) is 4.54. The molecule has 2 heterocycles. The van der Waals surface area contributed by atoms with E-state index in [0.29, 0.717) is 19.6 Å². The lowest BCUT2D eigenvalue weighted by atomic mass is 9.92. The molecule has 1 aliphatic rings. The van der Waals surface area contributed by atoms with Crippen LogP contribution in [0.4, 0.5) is 0 Å². The van der Waals surface area contributed by atoms with Gasteiger partial charge in [-0.15, -0.1) is 0 Å². The van der Waals surface area contributed by atoms with E-state index in [1.165, 1.54) is 0 Å². The molecule has 0 aliphatic carbocycles. The largest absolute Gasteiger partial charge is 0.467 e. The van der Waals surface area contributed by atoms with E-state index in [1.54, 1.807) is 6.26 Å². The van der Waals surface area contributed by atoms with Crippen molar-refractivity contribution in [2.45, 2.75) is 51.3 Å². The number of rotatable bonds is 5. The molecule has 1 amide bonds. The van der Waals surface area contributed by atoms with E-state index < -0.39 is 0 Å². The number of amides is 1. The molecule has 0 saturated carbocycles. The van der Waals surface area contributed by atoms with Gasteiger partial charge < -0.3 is 14.1 Å². The minimum absolute atomic E-state index is 0.139. The summed E-state index contributed by atoms with van der Waals surface area (Å²) in [6.45, 7) is 5.38. The summed E-state index contributed by atoms with van der Waals surface area (Å²) in [5.41, 5.74) is 0.843. The Morgan fingerprint density at radius 2 is 2.00 bits per heavy atom. The number of carbonyl (C=O) groups excluding carboxylic acids is 1. The van der Waals surface area contributed by atoms with Crippen molar-refractivity contribution in [3.8, 4) is 0 Å². The Bertz CT molecular complexity index is 649. The summed E-state index contributed by atoms with van der Waals surface area (Å²) in [6.07, 6.45) is 3.78. The van der Waals surface area contributed by atoms with Gasteiger partial charge in [0.05, 0.1) is 24.8 Å². The monoisotopic (exact) mass is 327 g/mol. The molecule has 1 fully saturated rings. The van der Waals surface area contributed by atoms with Crippen molar-refractivity contribution in [2.24, 2.45) is 0 Å². The van der Waals surface area contributed by atoms with Gasteiger partial charge in [-0.3, -0.25) is 4.79 Å². The normalized spacial score (nSPS) is 19.8. The maximum atomic E-state index is 13.0. The molecular formula is C20H25NO3. The van der Waals surface area contributed by atoms with Crippen LogP contribution in [0.1, 0.15) is 38.0 Å². The van der Waals surface area contributed by atoms with Gasteiger partial charge in [0.2, 0.25) is 5.91 Å². The number of hydrogen-bond donors (Lipinski definition) is 0. The minimum Gasteiger partial charge on any atom is -0.467 e. The SMILES string of the molecule is CC1(C)C[C@H](N(Cc2ccco2)C(=O)Cc2ccccc2)CCO1. The van der Waals surface area contributed by atoms with Crippen molar-refractivity contribution in [3.63, 3.8) is 0 Å². The standard InChI is InChI=1S/C20H25NO3/c1-20(2)14-17(10-12-24-20)21(15-18-9-6-11-23-18)19(22)13-16-7-4-3-5-8-16/h3-9,11,17H,10,12-15H2,1-2H3/t17-/m1/s1. The Kier molecular flexibility index (Phi) is 5.05. The zero-order valence-electron chi connectivity index (χ0n) is 14.4. The van der Waals surface area contributed by atoms with E-state index in [0.717, 1.165) is 24.2 Å². The van der Waals surface area contributed by atoms with Crippen LogP contribution in [0.3, 0.4) is 0 Å². The number of carbonyl (C=O) groups is 1. The lowest BCUT2D eigenvalue weighted by Gasteiger charge is -2.41. The predicted molar refractivity (Wildman–Crippen MR) is 92.5 cm³/mol. The Balaban J connectivity index is 1.77. The summed E-state index contributed by atoms with van der Waals surface area (Å²) in [4.78, 5) is 15.0. The molecule has 1 saturated heterocycles. The van der Waals surface area contributed by atoms with Gasteiger partial charge in [-0.2, -0.15) is 0 Å². The summed E-state index contributed by atoms with van der Waals surface area (Å²) >= 11 is 0. The van der Waals surface area contributed by atoms with Gasteiger partial charge >= 0.3 is 0 Å². The average Bonchev–Trinajstić information content (AvgIpc) is 3.05. The third-order valence-electron chi connectivity index (χ3n) is 4.54. The predicted octanol–water partition coefficient (Wildman–Crippen LogP) is 3.81. The molecule has 1 aliphatic heterocycles. The van der Waals surface area contributed by atoms with Gasteiger partial charge in [0.1, 0.15) is 5.76 Å². The van der Waals surface area contributed by atoms with Crippen molar-refractivity contribution in [2.75, 3.05) is 6.61 Å². The van der Waals surface area contributed by atoms with Crippen LogP contribution in [-0.4, -0.2) is 29.1 Å². The second-order valence-electron chi connectivity index (χ2n) is 7.02. The maximum absolute atomic E-state index is 13.0. The highest BCUT2D eigenvalue weighted by Gasteiger charge is 2.34. The van der Waals surface area contributed by atoms with Gasteiger partial charge in [-0.05, 0) is 44.4 Å². The topological polar surface area (TPSA) is 42.7 Å². The first-order valence-corrected chi connectivity index (χ1v) is 8.53. The average molecular weight is 327 g/mol. The van der Waals surface area contributed by atoms with Gasteiger partial charge in [0.15, 0.2) is 0 Å². The quantitative estimate of drug-likeness (QED) is 0.839. The highest BCUT2D eigenvalue weighted by molar-refractivity contribution is 5.79. The Labute approximate surface area is 143 Å². The van der Waals surface area contributed by atoms with Crippen LogP contribution in [0, 0.1) is 0 Å². The third kappa shape index (κ3) is 4.26. The van der Waals surface area contributed by atoms with Crippen LogP contribution in [0.2, 0.25) is 0 Å². The van der Waals surface area contributed by atoms with E-state index in [-0.39, 0.29) is 17.6 Å². The lowest BCUT2D eigenvalue weighted by Crippen LogP contribution is -2.48. The molecule has 3 rings (SSSR count). The summed E-state index contributed by atoms with van der Waals surface area (Å²) in [5.74, 6) is 0.959. The van der Waals surface area contributed by atoms with Crippen molar-refractivity contribution >= 4 is 5.91 Å². The van der Waals surface area contributed by atoms with Crippen LogP contribution in [-0.2, 0) is 22.5 Å². The first kappa shape index (κ1) is 16.8. The zero-order chi connectivity index (χ0) is 17.0. The molecule has 0 unspecified atom stereocenters. The summed E-state index contributed by atoms with van der Waals surface area (Å²) in [5, 5.41) is 0. The molecule has 0 bridgehead atoms. The molecule has 0 N–H and O–H groups in total. The summed E-state index contributed by atoms with van der Waals surface area (Å²) in [6, 6.07) is 13.9. The number of furan rings is 1. The maximum Gasteiger partial charge on any atom is 0.227 e. The highest BCUT2D eigenvalue weighted by Crippen LogP contribution is 2.29. The fourth-order valence-corrected chi connectivity index (χ4v) is 3.33. The molecule has 0 spiro atoms. The molecule has 4 heteroatoms. The second-order valence-corrected chi connectivity index (χ2v) is 7.02. The van der Waals surface area contributed by atoms with Gasteiger partial charge in [0, 0.05) is 12.6 Å². The van der Waals surface area contributed by atoms with E-state index in [2.05, 4.69) is 13.8 Å². The molecule has 0 radical (unpaired) electrons. The lowest BCUT2D eigenvalue weighted by molar-refractivity contribution is -0.141. The molecule has 2 aromatic rings. The van der Waals surface area contributed by atoms with Gasteiger partial charge in [-0.25, -0.2) is 0 Å². The molecular weight excluding hydrogens is 302 g/mol. The Morgan fingerprint density at radius 1 is 1.21 bits per heavy atom. The van der Waals surface area contributed by atoms with Crippen LogP contribution < -0.4 is 0 Å². The van der Waals surface area contributed by atoms with Crippen molar-refractivity contribution in [3.05, 3.63) is 60.1 Å². The van der Waals surface area contributed by atoms with Crippen LogP contribution in [0.25, 0.3) is 0 Å². The number of nitrogens with zero attached hydrogens (tertiary/aromatic N) is 1. The Hall–Kier alpha value is -2.07. The van der Waals surface area contributed by atoms with Crippen LogP contribution in [0.15, 0.2) is 53.1 Å². The first-order valence-electron chi connectivity index (χ1n) is 8.53. The van der Waals surface area contributed by atoms with E-state index in [9.17, 15) is 4.79 Å². The fourth-order valence-electron chi connectivity index (χ4n) is 3.33. The van der Waals surface area contributed by atoms with E-state index in [1.807, 2.05) is 47.4 Å². The number of benzene rings is 1. The minimum atomic E-state index is -0.197. The van der Waals surface area contributed by atoms with E-state index in [4.69, 9.17) is 9.15 Å². The molecule has 128 valence electrons. The molecule has 1 aromatic carbocycles. The van der Waals surface area contributed by atoms with Crippen LogP contribution in [0.5, 0.6) is 0 Å².